The molecular weight excluding hydrogens is 298 g/mol. The number of guanidine groups is 1. The van der Waals surface area contributed by atoms with E-state index in [0.29, 0.717) is 0 Å². The number of hydrogen-bond donors (Lipinski definition) is 1. The molecule has 1 heterocycles. The van der Waals surface area contributed by atoms with Gasteiger partial charge in [-0.15, -0.1) is 6.58 Å². The van der Waals surface area contributed by atoms with Crippen molar-refractivity contribution < 1.29 is 0 Å². The third kappa shape index (κ3) is 5.57. The number of nitrogens with zero attached hydrogens (tertiary/aromatic N) is 4. The van der Waals surface area contributed by atoms with E-state index in [2.05, 4.69) is 62.7 Å². The van der Waals surface area contributed by atoms with Crippen LogP contribution in [0.15, 0.2) is 60.6 Å². The maximum absolute atomic E-state index is 4.36. The Morgan fingerprint density at radius 3 is 2.96 bits per heavy atom. The van der Waals surface area contributed by atoms with Crippen molar-refractivity contribution in [1.29, 1.82) is 0 Å². The van der Waals surface area contributed by atoms with E-state index in [9.17, 15) is 0 Å². The minimum Gasteiger partial charge on any atom is -0.352 e. The van der Waals surface area contributed by atoms with Gasteiger partial charge in [-0.05, 0) is 24.0 Å². The van der Waals surface area contributed by atoms with Crippen molar-refractivity contribution in [1.82, 2.24) is 19.8 Å². The lowest BCUT2D eigenvalue weighted by atomic mass is 10.1. The molecule has 0 fully saturated rings. The maximum atomic E-state index is 4.36. The van der Waals surface area contributed by atoms with Gasteiger partial charge in [-0.25, -0.2) is 4.98 Å². The zero-order chi connectivity index (χ0) is 17.2. The zero-order valence-corrected chi connectivity index (χ0v) is 14.7. The molecule has 1 aromatic carbocycles. The lowest BCUT2D eigenvalue weighted by molar-refractivity contribution is 0.470. The molecule has 0 aliphatic rings. The highest BCUT2D eigenvalue weighted by atomic mass is 15.3. The molecule has 0 saturated carbocycles. The number of unbranched alkanes of at least 4 members (excludes halogenated alkanes) is 1. The van der Waals surface area contributed by atoms with Gasteiger partial charge in [0, 0.05) is 46.1 Å². The first-order valence-corrected chi connectivity index (χ1v) is 8.29. The molecule has 0 radical (unpaired) electrons. The van der Waals surface area contributed by atoms with Gasteiger partial charge >= 0.3 is 0 Å². The Morgan fingerprint density at radius 2 is 2.25 bits per heavy atom. The highest BCUT2D eigenvalue weighted by Crippen LogP contribution is 2.07. The van der Waals surface area contributed by atoms with Crippen molar-refractivity contribution in [3.8, 4) is 0 Å². The highest BCUT2D eigenvalue weighted by Gasteiger charge is 2.05. The lowest BCUT2D eigenvalue weighted by Gasteiger charge is -2.22. The minimum atomic E-state index is 0.760. The summed E-state index contributed by atoms with van der Waals surface area (Å²) in [6.07, 6.45) is 9.68. The van der Waals surface area contributed by atoms with E-state index in [1.807, 2.05) is 25.6 Å². The molecule has 128 valence electrons. The van der Waals surface area contributed by atoms with Crippen LogP contribution < -0.4 is 5.32 Å². The normalized spacial score (nSPS) is 11.3. The van der Waals surface area contributed by atoms with Gasteiger partial charge < -0.3 is 14.8 Å². The molecular formula is C19H27N5. The smallest absolute Gasteiger partial charge is 0.193 e. The van der Waals surface area contributed by atoms with Crippen LogP contribution >= 0.6 is 0 Å². The van der Waals surface area contributed by atoms with Crippen molar-refractivity contribution >= 4 is 5.96 Å². The van der Waals surface area contributed by atoms with Crippen LogP contribution in [0, 0.1) is 0 Å². The molecule has 1 N–H and O–H groups in total. The van der Waals surface area contributed by atoms with E-state index < -0.39 is 0 Å². The van der Waals surface area contributed by atoms with E-state index in [0.717, 1.165) is 38.4 Å². The van der Waals surface area contributed by atoms with Gasteiger partial charge in [-0.1, -0.05) is 30.3 Å². The van der Waals surface area contributed by atoms with Gasteiger partial charge in [-0.3, -0.25) is 4.99 Å². The summed E-state index contributed by atoms with van der Waals surface area (Å²) in [5, 5.41) is 3.43. The van der Waals surface area contributed by atoms with Crippen molar-refractivity contribution in [3.63, 3.8) is 0 Å². The Morgan fingerprint density at radius 1 is 1.42 bits per heavy atom. The largest absolute Gasteiger partial charge is 0.352 e. The first-order chi connectivity index (χ1) is 11.7. The second-order valence-corrected chi connectivity index (χ2v) is 5.81. The van der Waals surface area contributed by atoms with Crippen LogP contribution in [0.2, 0.25) is 0 Å². The van der Waals surface area contributed by atoms with E-state index in [1.54, 1.807) is 6.20 Å². The molecule has 0 atom stereocenters. The summed E-state index contributed by atoms with van der Waals surface area (Å²) in [5.41, 5.74) is 2.51. The number of allylic oxidation sites excluding steroid dienone is 1. The number of nitrogens with one attached hydrogen (secondary N) is 1. The fourth-order valence-corrected chi connectivity index (χ4v) is 2.57. The zero-order valence-electron chi connectivity index (χ0n) is 14.7. The first-order valence-electron chi connectivity index (χ1n) is 8.29. The Hall–Kier alpha value is -2.56. The van der Waals surface area contributed by atoms with Crippen molar-refractivity contribution in [2.75, 3.05) is 20.6 Å². The highest BCUT2D eigenvalue weighted by molar-refractivity contribution is 5.79. The van der Waals surface area contributed by atoms with Gasteiger partial charge in [0.1, 0.15) is 0 Å². The Kier molecular flexibility index (Phi) is 7.08. The third-order valence-electron chi connectivity index (χ3n) is 3.84. The number of imidazole rings is 1. The van der Waals surface area contributed by atoms with Crippen LogP contribution in [0.1, 0.15) is 24.0 Å². The van der Waals surface area contributed by atoms with E-state index in [1.165, 1.54) is 11.1 Å². The van der Waals surface area contributed by atoms with Crippen LogP contribution in [0.5, 0.6) is 0 Å². The Balaban J connectivity index is 1.89. The molecule has 0 aliphatic heterocycles. The van der Waals surface area contributed by atoms with Crippen molar-refractivity contribution in [2.45, 2.75) is 25.9 Å². The van der Waals surface area contributed by atoms with Crippen molar-refractivity contribution in [2.24, 2.45) is 4.99 Å². The average Bonchev–Trinajstić information content (AvgIpc) is 3.09. The van der Waals surface area contributed by atoms with Crippen molar-refractivity contribution in [3.05, 3.63) is 66.8 Å². The third-order valence-corrected chi connectivity index (χ3v) is 3.84. The fraction of sp³-hybridized carbons (Fsp3) is 0.368. The second-order valence-electron chi connectivity index (χ2n) is 5.81. The summed E-state index contributed by atoms with van der Waals surface area (Å²) >= 11 is 0. The number of benzene rings is 1. The molecule has 0 spiro atoms. The monoisotopic (exact) mass is 325 g/mol. The topological polar surface area (TPSA) is 45.5 Å². The molecule has 0 unspecified atom stereocenters. The molecule has 2 aromatic rings. The average molecular weight is 325 g/mol. The van der Waals surface area contributed by atoms with Gasteiger partial charge in [0.2, 0.25) is 0 Å². The summed E-state index contributed by atoms with van der Waals surface area (Å²) in [6.45, 7) is 6.33. The number of aromatic nitrogens is 2. The van der Waals surface area contributed by atoms with Gasteiger partial charge in [0.15, 0.2) is 5.96 Å². The molecule has 1 aromatic heterocycles. The summed E-state index contributed by atoms with van der Waals surface area (Å²) in [6, 6.07) is 8.59. The molecule has 0 amide bonds. The summed E-state index contributed by atoms with van der Waals surface area (Å²) in [7, 11) is 3.88. The number of hydrogen-bond acceptors (Lipinski definition) is 2. The molecule has 0 bridgehead atoms. The van der Waals surface area contributed by atoms with Gasteiger partial charge in [0.25, 0.3) is 0 Å². The summed E-state index contributed by atoms with van der Waals surface area (Å²) in [5.74, 6) is 0.916. The lowest BCUT2D eigenvalue weighted by Crippen LogP contribution is -2.38. The predicted molar refractivity (Wildman–Crippen MR) is 100 cm³/mol. The number of rotatable bonds is 8. The summed E-state index contributed by atoms with van der Waals surface area (Å²) in [4.78, 5) is 10.6. The van der Waals surface area contributed by atoms with Crippen LogP contribution in [0.3, 0.4) is 0 Å². The molecule has 0 aliphatic carbocycles. The van der Waals surface area contributed by atoms with Gasteiger partial charge in [-0.2, -0.15) is 0 Å². The van der Waals surface area contributed by atoms with Crippen LogP contribution in [-0.4, -0.2) is 41.1 Å². The van der Waals surface area contributed by atoms with E-state index in [4.69, 9.17) is 0 Å². The standard InChI is InChI=1S/C19H27N5/c1-4-5-6-11-23(3)19(20-2)22-14-17-8-7-9-18(13-17)15-24-12-10-21-16-24/h4,7-10,12-13,16H,1,5-6,11,14-15H2,2-3H3,(H,20,22). The molecule has 0 saturated heterocycles. The number of aliphatic imine (C=N–C) groups is 1. The summed E-state index contributed by atoms with van der Waals surface area (Å²) < 4.78 is 2.07. The Bertz CT molecular complexity index is 646. The molecule has 2 rings (SSSR count). The second kappa shape index (κ2) is 9.55. The predicted octanol–water partition coefficient (Wildman–Crippen LogP) is 2.90. The Labute approximate surface area is 144 Å². The van der Waals surface area contributed by atoms with Crippen LogP contribution in [0.25, 0.3) is 0 Å². The SMILES string of the molecule is C=CCCCN(C)C(=NC)NCc1cccc(Cn2ccnc2)c1. The molecule has 5 nitrogen and oxygen atoms in total. The molecule has 5 heteroatoms. The van der Waals surface area contributed by atoms with Crippen LogP contribution in [-0.2, 0) is 13.1 Å². The van der Waals surface area contributed by atoms with E-state index in [-0.39, 0.29) is 0 Å². The van der Waals surface area contributed by atoms with E-state index >= 15 is 0 Å². The quantitative estimate of drug-likeness (QED) is 0.351. The molecule has 24 heavy (non-hydrogen) atoms. The first kappa shape index (κ1) is 17.8. The van der Waals surface area contributed by atoms with Gasteiger partial charge in [0.05, 0.1) is 6.33 Å². The maximum Gasteiger partial charge on any atom is 0.193 e. The van der Waals surface area contributed by atoms with Crippen LogP contribution in [0.4, 0.5) is 0 Å². The fourth-order valence-electron chi connectivity index (χ4n) is 2.57. The minimum absolute atomic E-state index is 0.760.